The number of para-hydroxylation sites is 1. The molecule has 0 saturated carbocycles. The first-order valence-corrected chi connectivity index (χ1v) is 11.9. The molecule has 2 aromatic rings. The molecule has 0 bridgehead atoms. The number of fused-ring (bicyclic) bond motifs is 1. The van der Waals surface area contributed by atoms with Crippen molar-refractivity contribution in [3.05, 3.63) is 35.4 Å². The van der Waals surface area contributed by atoms with Gasteiger partial charge in [0.05, 0.1) is 27.3 Å². The van der Waals surface area contributed by atoms with Gasteiger partial charge >= 0.3 is 0 Å². The fourth-order valence-corrected chi connectivity index (χ4v) is 6.00. The minimum Gasteiger partial charge on any atom is -0.351 e. The van der Waals surface area contributed by atoms with Crippen LogP contribution in [0, 0.1) is 6.92 Å². The molecule has 1 saturated heterocycles. The van der Waals surface area contributed by atoms with E-state index < -0.39 is 9.84 Å². The Kier molecular flexibility index (Phi) is 5.82. The predicted molar refractivity (Wildman–Crippen MR) is 111 cm³/mol. The number of carbonyl (C=O) groups is 1. The van der Waals surface area contributed by atoms with E-state index in [-0.39, 0.29) is 28.7 Å². The van der Waals surface area contributed by atoms with Crippen molar-refractivity contribution in [3.63, 3.8) is 0 Å². The number of carbonyl (C=O) groups excluding carboxylic acids is 1. The lowest BCUT2D eigenvalue weighted by Gasteiger charge is -2.17. The van der Waals surface area contributed by atoms with Gasteiger partial charge in [0.1, 0.15) is 0 Å². The topological polar surface area (TPSA) is 76.1 Å². The quantitative estimate of drug-likeness (QED) is 0.770. The lowest BCUT2D eigenvalue weighted by Crippen LogP contribution is -2.39. The van der Waals surface area contributed by atoms with E-state index in [2.05, 4.69) is 44.3 Å². The van der Waals surface area contributed by atoms with Crippen molar-refractivity contribution in [2.75, 3.05) is 11.5 Å². The van der Waals surface area contributed by atoms with Crippen molar-refractivity contribution in [3.8, 4) is 0 Å². The molecule has 0 unspecified atom stereocenters. The Balaban J connectivity index is 1.77. The number of amides is 1. The Morgan fingerprint density at radius 1 is 1.30 bits per heavy atom. The fraction of sp³-hybridized carbons (Fsp3) is 0.500. The second kappa shape index (κ2) is 7.80. The van der Waals surface area contributed by atoms with E-state index in [1.54, 1.807) is 0 Å². The molecule has 2 heterocycles. The summed E-state index contributed by atoms with van der Waals surface area (Å²) < 4.78 is 23.1. The molecule has 3 rings (SSSR count). The van der Waals surface area contributed by atoms with E-state index >= 15 is 0 Å². The zero-order chi connectivity index (χ0) is 19.8. The monoisotopic (exact) mass is 406 g/mol. The number of aromatic nitrogens is 1. The summed E-state index contributed by atoms with van der Waals surface area (Å²) in [5, 5.41) is 4.48. The number of rotatable bonds is 5. The van der Waals surface area contributed by atoms with E-state index in [0.29, 0.717) is 12.3 Å². The summed E-state index contributed by atoms with van der Waals surface area (Å²) in [5.74, 6) is 0.425. The van der Waals surface area contributed by atoms with Crippen LogP contribution in [0.25, 0.3) is 10.9 Å². The Morgan fingerprint density at radius 2 is 2.04 bits per heavy atom. The maximum Gasteiger partial charge on any atom is 0.233 e. The lowest BCUT2D eigenvalue weighted by molar-refractivity contribution is -0.120. The summed E-state index contributed by atoms with van der Waals surface area (Å²) in [6.07, 6.45) is 0.497. The zero-order valence-electron chi connectivity index (χ0n) is 16.2. The van der Waals surface area contributed by atoms with Gasteiger partial charge < -0.3 is 5.32 Å². The molecule has 0 spiro atoms. The average molecular weight is 407 g/mol. The number of aryl methyl sites for hydroxylation is 1. The first-order valence-electron chi connectivity index (χ1n) is 9.24. The molecule has 1 fully saturated rings. The van der Waals surface area contributed by atoms with Gasteiger partial charge in [-0.25, -0.2) is 13.4 Å². The third-order valence-electron chi connectivity index (χ3n) is 4.92. The smallest absolute Gasteiger partial charge is 0.233 e. The second-order valence-electron chi connectivity index (χ2n) is 7.54. The van der Waals surface area contributed by atoms with Crippen LogP contribution in [0.5, 0.6) is 0 Å². The van der Waals surface area contributed by atoms with Gasteiger partial charge in [0, 0.05) is 11.4 Å². The first kappa shape index (κ1) is 20.1. The van der Waals surface area contributed by atoms with Crippen molar-refractivity contribution in [1.29, 1.82) is 0 Å². The van der Waals surface area contributed by atoms with Crippen molar-refractivity contribution in [2.24, 2.45) is 0 Å². The van der Waals surface area contributed by atoms with E-state index in [1.807, 2.05) is 13.0 Å². The number of pyridine rings is 1. The van der Waals surface area contributed by atoms with Gasteiger partial charge in [-0.05, 0) is 43.4 Å². The minimum atomic E-state index is -3.00. The maximum absolute atomic E-state index is 12.5. The van der Waals surface area contributed by atoms with E-state index in [0.717, 1.165) is 21.5 Å². The maximum atomic E-state index is 12.5. The molecule has 0 radical (unpaired) electrons. The third kappa shape index (κ3) is 4.63. The molecule has 1 N–H and O–H groups in total. The molecule has 1 amide bonds. The first-order chi connectivity index (χ1) is 12.7. The summed E-state index contributed by atoms with van der Waals surface area (Å²) in [4.78, 5) is 17.3. The zero-order valence-corrected chi connectivity index (χ0v) is 17.8. The largest absolute Gasteiger partial charge is 0.351 e. The van der Waals surface area contributed by atoms with Gasteiger partial charge in [0.2, 0.25) is 5.91 Å². The van der Waals surface area contributed by atoms with Gasteiger partial charge in [-0.1, -0.05) is 43.8 Å². The molecule has 1 aromatic carbocycles. The number of nitrogens with zero attached hydrogens (tertiary/aromatic N) is 1. The highest BCUT2D eigenvalue weighted by Crippen LogP contribution is 2.31. The molecule has 146 valence electrons. The summed E-state index contributed by atoms with van der Waals surface area (Å²) >= 11 is 1.41. The molecule has 27 heavy (non-hydrogen) atoms. The molecule has 2 atom stereocenters. The summed E-state index contributed by atoms with van der Waals surface area (Å²) in [6, 6.07) is 7.98. The van der Waals surface area contributed by atoms with E-state index in [1.165, 1.54) is 17.3 Å². The second-order valence-corrected chi connectivity index (χ2v) is 11.1. The lowest BCUT2D eigenvalue weighted by atomic mass is 9.98. The Morgan fingerprint density at radius 3 is 2.67 bits per heavy atom. The number of sulfone groups is 1. The van der Waals surface area contributed by atoms with Crippen LogP contribution in [0.1, 0.15) is 44.2 Å². The highest BCUT2D eigenvalue weighted by Gasteiger charge is 2.30. The van der Waals surface area contributed by atoms with Crippen LogP contribution in [-0.2, 0) is 14.6 Å². The third-order valence-corrected chi connectivity index (χ3v) is 7.71. The summed E-state index contributed by atoms with van der Waals surface area (Å²) in [7, 11) is -3.00. The van der Waals surface area contributed by atoms with Crippen LogP contribution in [-0.4, -0.2) is 42.1 Å². The molecule has 1 aromatic heterocycles. The normalized spacial score (nSPS) is 20.1. The number of nitrogens with one attached hydrogen (secondary N) is 1. The number of benzene rings is 1. The van der Waals surface area contributed by atoms with Crippen molar-refractivity contribution in [1.82, 2.24) is 10.3 Å². The minimum absolute atomic E-state index is 0.0429. The van der Waals surface area contributed by atoms with Crippen molar-refractivity contribution < 1.29 is 13.2 Å². The standard InChI is InChI=1S/C20H26N2O3S2/c1-12(2)16-6-5-7-17-13(3)10-18(22-19(16)17)26-14(4)20(23)21-15-8-9-27(24,25)11-15/h5-7,10,12,14-15H,8-9,11H2,1-4H3,(H,21,23)/t14-,15+/m1/s1. The van der Waals surface area contributed by atoms with Crippen LogP contribution in [0.4, 0.5) is 0 Å². The molecular formula is C20H26N2O3S2. The van der Waals surface area contributed by atoms with Crippen LogP contribution < -0.4 is 5.32 Å². The van der Waals surface area contributed by atoms with Crippen LogP contribution in [0.3, 0.4) is 0 Å². The molecule has 1 aliphatic heterocycles. The van der Waals surface area contributed by atoms with Crippen molar-refractivity contribution in [2.45, 2.75) is 56.4 Å². The number of hydrogen-bond donors (Lipinski definition) is 1. The van der Waals surface area contributed by atoms with E-state index in [9.17, 15) is 13.2 Å². The van der Waals surface area contributed by atoms with Gasteiger partial charge in [-0.3, -0.25) is 4.79 Å². The molecule has 7 heteroatoms. The van der Waals surface area contributed by atoms with Crippen LogP contribution >= 0.6 is 11.8 Å². The van der Waals surface area contributed by atoms with Crippen LogP contribution in [0.2, 0.25) is 0 Å². The van der Waals surface area contributed by atoms with Crippen molar-refractivity contribution >= 4 is 38.4 Å². The number of hydrogen-bond acceptors (Lipinski definition) is 5. The van der Waals surface area contributed by atoms with Gasteiger partial charge in [-0.15, -0.1) is 0 Å². The highest BCUT2D eigenvalue weighted by atomic mass is 32.2. The Labute approximate surface area is 165 Å². The van der Waals surface area contributed by atoms with Gasteiger partial charge in [0.25, 0.3) is 0 Å². The fourth-order valence-electron chi connectivity index (χ4n) is 3.40. The Hall–Kier alpha value is -1.60. The van der Waals surface area contributed by atoms with Crippen LogP contribution in [0.15, 0.2) is 29.3 Å². The molecule has 5 nitrogen and oxygen atoms in total. The average Bonchev–Trinajstić information content (AvgIpc) is 2.92. The summed E-state index contributed by atoms with van der Waals surface area (Å²) in [5.41, 5.74) is 3.33. The van der Waals surface area contributed by atoms with Gasteiger partial charge in [-0.2, -0.15) is 0 Å². The summed E-state index contributed by atoms with van der Waals surface area (Å²) in [6.45, 7) is 8.19. The Bertz CT molecular complexity index is 971. The van der Waals surface area contributed by atoms with Gasteiger partial charge in [0.15, 0.2) is 9.84 Å². The highest BCUT2D eigenvalue weighted by molar-refractivity contribution is 8.00. The number of thioether (sulfide) groups is 1. The predicted octanol–water partition coefficient (Wildman–Crippen LogP) is 3.45. The SMILES string of the molecule is Cc1cc(S[C@H](C)C(=O)N[C@H]2CCS(=O)(=O)C2)nc2c(C(C)C)cccc12. The van der Waals surface area contributed by atoms with E-state index in [4.69, 9.17) is 4.98 Å². The molecule has 0 aliphatic carbocycles. The molecular weight excluding hydrogens is 380 g/mol. The molecule has 1 aliphatic rings.